The summed E-state index contributed by atoms with van der Waals surface area (Å²) >= 11 is 0. The molecule has 0 aromatic carbocycles. The molecule has 1 saturated heterocycles. The van der Waals surface area contributed by atoms with Crippen LogP contribution in [0.2, 0.25) is 0 Å². The van der Waals surface area contributed by atoms with Gasteiger partial charge in [0.25, 0.3) is 5.56 Å². The zero-order chi connectivity index (χ0) is 16.2. The van der Waals surface area contributed by atoms with Crippen molar-refractivity contribution in [3.05, 3.63) is 34.4 Å². The van der Waals surface area contributed by atoms with Gasteiger partial charge in [-0.15, -0.1) is 0 Å². The van der Waals surface area contributed by atoms with Crippen LogP contribution in [-0.4, -0.2) is 47.1 Å². The van der Waals surface area contributed by atoms with Crippen molar-refractivity contribution in [2.75, 3.05) is 36.5 Å². The summed E-state index contributed by atoms with van der Waals surface area (Å²) in [5.74, 6) is -0.166. The predicted octanol–water partition coefficient (Wildman–Crippen LogP) is 0.0150. The van der Waals surface area contributed by atoms with E-state index < -0.39 is 5.91 Å². The van der Waals surface area contributed by atoms with Crippen molar-refractivity contribution < 1.29 is 14.1 Å². The van der Waals surface area contributed by atoms with Crippen LogP contribution in [0.4, 0.5) is 11.6 Å². The molecule has 0 bridgehead atoms. The molecule has 2 aromatic heterocycles. The first-order valence-electron chi connectivity index (χ1n) is 7.25. The van der Waals surface area contributed by atoms with Gasteiger partial charge in [0.1, 0.15) is 6.54 Å². The Balaban J connectivity index is 1.66. The van der Waals surface area contributed by atoms with Crippen molar-refractivity contribution >= 4 is 17.5 Å². The molecule has 2 aromatic rings. The number of ether oxygens (including phenoxy) is 1. The van der Waals surface area contributed by atoms with Crippen LogP contribution in [0, 0.1) is 6.92 Å². The van der Waals surface area contributed by atoms with Gasteiger partial charge in [-0.05, 0) is 6.92 Å². The van der Waals surface area contributed by atoms with E-state index in [0.717, 1.165) is 23.5 Å². The fourth-order valence-corrected chi connectivity index (χ4v) is 2.27. The van der Waals surface area contributed by atoms with Crippen LogP contribution in [0.1, 0.15) is 5.69 Å². The van der Waals surface area contributed by atoms with E-state index in [0.29, 0.717) is 18.9 Å². The lowest BCUT2D eigenvalue weighted by molar-refractivity contribution is -0.117. The number of morpholine rings is 1. The second kappa shape index (κ2) is 6.61. The number of hydrogen-bond acceptors (Lipinski definition) is 7. The molecule has 0 radical (unpaired) electrons. The summed E-state index contributed by atoms with van der Waals surface area (Å²) in [6.45, 7) is 4.24. The van der Waals surface area contributed by atoms with E-state index in [1.807, 2.05) is 4.90 Å². The maximum absolute atomic E-state index is 12.1. The maximum Gasteiger partial charge on any atom is 0.269 e. The highest BCUT2D eigenvalue weighted by molar-refractivity contribution is 5.89. The Morgan fingerprint density at radius 3 is 2.78 bits per heavy atom. The fraction of sp³-hybridized carbons (Fsp3) is 0.429. The molecule has 0 aliphatic carbocycles. The van der Waals surface area contributed by atoms with Gasteiger partial charge in [-0.25, -0.2) is 4.68 Å². The quantitative estimate of drug-likeness (QED) is 0.847. The number of carbonyl (C=O) groups excluding carboxylic acids is 1. The van der Waals surface area contributed by atoms with Crippen LogP contribution in [0.3, 0.4) is 0 Å². The van der Waals surface area contributed by atoms with Crippen LogP contribution in [-0.2, 0) is 16.1 Å². The van der Waals surface area contributed by atoms with Gasteiger partial charge in [-0.2, -0.15) is 5.10 Å². The number of amides is 1. The molecule has 122 valence electrons. The fourth-order valence-electron chi connectivity index (χ4n) is 2.27. The molecule has 1 aliphatic heterocycles. The van der Waals surface area contributed by atoms with Crippen molar-refractivity contribution in [1.82, 2.24) is 14.9 Å². The number of anilines is 2. The summed E-state index contributed by atoms with van der Waals surface area (Å²) in [5, 5.41) is 10.2. The van der Waals surface area contributed by atoms with Crippen LogP contribution in [0.25, 0.3) is 0 Å². The molecular weight excluding hydrogens is 302 g/mol. The molecule has 23 heavy (non-hydrogen) atoms. The highest BCUT2D eigenvalue weighted by atomic mass is 16.5. The van der Waals surface area contributed by atoms with E-state index in [9.17, 15) is 9.59 Å². The first-order chi connectivity index (χ1) is 11.1. The predicted molar refractivity (Wildman–Crippen MR) is 81.4 cm³/mol. The molecule has 1 N–H and O–H groups in total. The second-order valence-electron chi connectivity index (χ2n) is 5.19. The van der Waals surface area contributed by atoms with Crippen molar-refractivity contribution in [2.45, 2.75) is 13.5 Å². The van der Waals surface area contributed by atoms with E-state index in [4.69, 9.17) is 9.26 Å². The van der Waals surface area contributed by atoms with Gasteiger partial charge in [0.2, 0.25) is 11.8 Å². The molecule has 0 spiro atoms. The van der Waals surface area contributed by atoms with Crippen molar-refractivity contribution in [1.29, 1.82) is 0 Å². The van der Waals surface area contributed by atoms with Crippen LogP contribution in [0.5, 0.6) is 0 Å². The average Bonchev–Trinajstić information content (AvgIpc) is 2.95. The normalized spacial score (nSPS) is 14.7. The third-order valence-corrected chi connectivity index (χ3v) is 3.42. The van der Waals surface area contributed by atoms with E-state index >= 15 is 0 Å². The van der Waals surface area contributed by atoms with Crippen molar-refractivity contribution in [3.8, 4) is 0 Å². The van der Waals surface area contributed by atoms with Gasteiger partial charge in [0.05, 0.1) is 30.8 Å². The lowest BCUT2D eigenvalue weighted by Gasteiger charge is -2.28. The van der Waals surface area contributed by atoms with Gasteiger partial charge in [-0.1, -0.05) is 5.16 Å². The molecule has 1 fully saturated rings. The molecule has 0 unspecified atom stereocenters. The lowest BCUT2D eigenvalue weighted by Crippen LogP contribution is -2.38. The van der Waals surface area contributed by atoms with E-state index in [2.05, 4.69) is 15.6 Å². The van der Waals surface area contributed by atoms with Gasteiger partial charge >= 0.3 is 0 Å². The molecular formula is C14H17N5O4. The highest BCUT2D eigenvalue weighted by Crippen LogP contribution is 2.11. The number of carbonyl (C=O) groups is 1. The SMILES string of the molecule is Cc1cc(NC(=O)Cn2ncc(N3CCOCC3)cc2=O)on1. The van der Waals surface area contributed by atoms with E-state index in [-0.39, 0.29) is 18.0 Å². The molecule has 1 aliphatic rings. The minimum Gasteiger partial charge on any atom is -0.378 e. The minimum absolute atomic E-state index is 0.192. The standard InChI is InChI=1S/C14H17N5O4/c1-10-6-13(23-17-10)16-12(20)9-19-14(21)7-11(8-15-19)18-2-4-22-5-3-18/h6-8H,2-5,9H2,1H3,(H,16,20). The molecule has 0 atom stereocenters. The molecule has 3 heterocycles. The zero-order valence-electron chi connectivity index (χ0n) is 12.7. The Morgan fingerprint density at radius 1 is 1.35 bits per heavy atom. The van der Waals surface area contributed by atoms with Crippen LogP contribution in [0.15, 0.2) is 27.6 Å². The first-order valence-corrected chi connectivity index (χ1v) is 7.25. The van der Waals surface area contributed by atoms with E-state index in [1.165, 1.54) is 6.07 Å². The highest BCUT2D eigenvalue weighted by Gasteiger charge is 2.14. The van der Waals surface area contributed by atoms with E-state index in [1.54, 1.807) is 19.2 Å². The number of nitrogens with zero attached hydrogens (tertiary/aromatic N) is 4. The molecule has 1 amide bonds. The topological polar surface area (TPSA) is 102 Å². The van der Waals surface area contributed by atoms with Gasteiger partial charge in [0.15, 0.2) is 0 Å². The lowest BCUT2D eigenvalue weighted by atomic mass is 10.3. The largest absolute Gasteiger partial charge is 0.378 e. The van der Waals surface area contributed by atoms with Crippen LogP contribution < -0.4 is 15.8 Å². The number of hydrogen-bond donors (Lipinski definition) is 1. The minimum atomic E-state index is -0.408. The molecule has 9 heteroatoms. The van der Waals surface area contributed by atoms with Crippen molar-refractivity contribution in [3.63, 3.8) is 0 Å². The summed E-state index contributed by atoms with van der Waals surface area (Å²) in [5.41, 5.74) is 1.06. The Kier molecular flexibility index (Phi) is 4.38. The smallest absolute Gasteiger partial charge is 0.269 e. The van der Waals surface area contributed by atoms with Crippen LogP contribution >= 0.6 is 0 Å². The number of aryl methyl sites for hydroxylation is 1. The zero-order valence-corrected chi connectivity index (χ0v) is 12.7. The van der Waals surface area contributed by atoms with Crippen molar-refractivity contribution in [2.24, 2.45) is 0 Å². The average molecular weight is 319 g/mol. The summed E-state index contributed by atoms with van der Waals surface area (Å²) in [6.07, 6.45) is 1.58. The summed E-state index contributed by atoms with van der Waals surface area (Å²) in [4.78, 5) is 26.0. The Morgan fingerprint density at radius 2 is 2.13 bits per heavy atom. The number of rotatable bonds is 4. The summed E-state index contributed by atoms with van der Waals surface area (Å²) < 4.78 is 11.3. The number of nitrogens with one attached hydrogen (secondary N) is 1. The van der Waals surface area contributed by atoms with Gasteiger partial charge < -0.3 is 14.2 Å². The second-order valence-corrected chi connectivity index (χ2v) is 5.19. The molecule has 0 saturated carbocycles. The van der Waals surface area contributed by atoms with Gasteiger partial charge in [-0.3, -0.25) is 14.9 Å². The molecule has 3 rings (SSSR count). The third kappa shape index (κ3) is 3.75. The third-order valence-electron chi connectivity index (χ3n) is 3.42. The Bertz CT molecular complexity index is 748. The molecule has 9 nitrogen and oxygen atoms in total. The summed E-state index contributed by atoms with van der Waals surface area (Å²) in [6, 6.07) is 3.07. The summed E-state index contributed by atoms with van der Waals surface area (Å²) in [7, 11) is 0. The maximum atomic E-state index is 12.1. The van der Waals surface area contributed by atoms with Gasteiger partial charge in [0, 0.05) is 25.2 Å². The monoisotopic (exact) mass is 319 g/mol. The number of aromatic nitrogens is 3. The Hall–Kier alpha value is -2.68. The first kappa shape index (κ1) is 15.2. The Labute approximate surface area is 131 Å².